The lowest BCUT2D eigenvalue weighted by atomic mass is 10.1. The minimum atomic E-state index is -0.151. The van der Waals surface area contributed by atoms with Gasteiger partial charge in [0.2, 0.25) is 0 Å². The Morgan fingerprint density at radius 3 is 2.79 bits per heavy atom. The summed E-state index contributed by atoms with van der Waals surface area (Å²) in [5.41, 5.74) is 1.56. The fraction of sp³-hybridized carbons (Fsp3) is 0.500. The highest BCUT2D eigenvalue weighted by molar-refractivity contribution is 6.20. The van der Waals surface area contributed by atoms with Crippen molar-refractivity contribution >= 4 is 17.5 Å². The van der Waals surface area contributed by atoms with Gasteiger partial charge in [0.1, 0.15) is 5.75 Å². The van der Waals surface area contributed by atoms with Gasteiger partial charge in [-0.25, -0.2) is 0 Å². The maximum Gasteiger partial charge on any atom is 0.255 e. The molecule has 0 radical (unpaired) electrons. The maximum atomic E-state index is 12.1. The Bertz CT molecular complexity index is 423. The van der Waals surface area contributed by atoms with Crippen LogP contribution in [-0.2, 0) is 4.74 Å². The first kappa shape index (κ1) is 15.8. The number of rotatable bonds is 7. The summed E-state index contributed by atoms with van der Waals surface area (Å²) in [6.07, 6.45) is 0.662. The number of methoxy groups -OCH3 is 2. The summed E-state index contributed by atoms with van der Waals surface area (Å²) in [4.78, 5) is 12.1. The Kier molecular flexibility index (Phi) is 6.67. The molecule has 1 aromatic carbocycles. The fourth-order valence-electron chi connectivity index (χ4n) is 1.70. The smallest absolute Gasteiger partial charge is 0.255 e. The zero-order valence-electron chi connectivity index (χ0n) is 11.5. The van der Waals surface area contributed by atoms with Gasteiger partial charge in [0.15, 0.2) is 0 Å². The Labute approximate surface area is 119 Å². The van der Waals surface area contributed by atoms with Crippen molar-refractivity contribution in [2.45, 2.75) is 18.7 Å². The largest absolute Gasteiger partial charge is 0.496 e. The Balaban J connectivity index is 2.56. The third kappa shape index (κ3) is 5.09. The molecule has 0 fully saturated rings. The van der Waals surface area contributed by atoms with Crippen molar-refractivity contribution in [2.75, 3.05) is 27.4 Å². The number of ether oxygens (including phenoxy) is 2. The van der Waals surface area contributed by atoms with E-state index in [-0.39, 0.29) is 11.3 Å². The van der Waals surface area contributed by atoms with Crippen LogP contribution in [0, 0.1) is 6.92 Å². The molecule has 1 aromatic rings. The molecule has 1 rings (SSSR count). The molecule has 0 bridgehead atoms. The average Bonchev–Trinajstić information content (AvgIpc) is 2.38. The summed E-state index contributed by atoms with van der Waals surface area (Å²) in [7, 11) is 3.15. The van der Waals surface area contributed by atoms with E-state index in [4.69, 9.17) is 21.1 Å². The van der Waals surface area contributed by atoms with Crippen LogP contribution in [0.2, 0.25) is 0 Å². The third-order valence-electron chi connectivity index (χ3n) is 2.69. The van der Waals surface area contributed by atoms with Crippen LogP contribution in [0.15, 0.2) is 18.2 Å². The Hall–Kier alpha value is -1.26. The van der Waals surface area contributed by atoms with E-state index >= 15 is 0 Å². The van der Waals surface area contributed by atoms with E-state index < -0.39 is 0 Å². The van der Waals surface area contributed by atoms with Gasteiger partial charge in [0.05, 0.1) is 24.7 Å². The number of nitrogens with one attached hydrogen (secondary N) is 1. The maximum absolute atomic E-state index is 12.1. The molecule has 0 aromatic heterocycles. The van der Waals surface area contributed by atoms with Gasteiger partial charge in [0, 0.05) is 13.7 Å². The van der Waals surface area contributed by atoms with Gasteiger partial charge in [-0.3, -0.25) is 4.79 Å². The van der Waals surface area contributed by atoms with Crippen molar-refractivity contribution in [1.29, 1.82) is 0 Å². The second-order valence-corrected chi connectivity index (χ2v) is 4.92. The van der Waals surface area contributed by atoms with Crippen molar-refractivity contribution in [3.8, 4) is 5.75 Å². The highest BCUT2D eigenvalue weighted by Gasteiger charge is 2.12. The number of amides is 1. The molecule has 0 heterocycles. The number of aryl methyl sites for hydroxylation is 1. The van der Waals surface area contributed by atoms with Crippen molar-refractivity contribution in [1.82, 2.24) is 5.32 Å². The molecule has 0 spiro atoms. The van der Waals surface area contributed by atoms with Crippen LogP contribution >= 0.6 is 11.6 Å². The first-order valence-corrected chi connectivity index (χ1v) is 6.58. The fourth-order valence-corrected chi connectivity index (χ4v) is 1.94. The van der Waals surface area contributed by atoms with Crippen LogP contribution in [0.1, 0.15) is 22.3 Å². The molecular formula is C14H20ClNO3. The van der Waals surface area contributed by atoms with Crippen molar-refractivity contribution in [2.24, 2.45) is 0 Å². The number of alkyl halides is 1. The lowest BCUT2D eigenvalue weighted by Crippen LogP contribution is -2.27. The van der Waals surface area contributed by atoms with Crippen molar-refractivity contribution in [3.63, 3.8) is 0 Å². The molecule has 5 heteroatoms. The van der Waals surface area contributed by atoms with Gasteiger partial charge in [0.25, 0.3) is 5.91 Å². The summed E-state index contributed by atoms with van der Waals surface area (Å²) in [6, 6.07) is 5.50. The number of carbonyl (C=O) groups excluding carboxylic acids is 1. The Morgan fingerprint density at radius 2 is 2.16 bits per heavy atom. The van der Waals surface area contributed by atoms with Crippen LogP contribution in [0.4, 0.5) is 0 Å². The van der Waals surface area contributed by atoms with E-state index in [2.05, 4.69) is 5.32 Å². The van der Waals surface area contributed by atoms with Crippen LogP contribution in [0.5, 0.6) is 5.75 Å². The van der Waals surface area contributed by atoms with E-state index in [1.54, 1.807) is 20.3 Å². The topological polar surface area (TPSA) is 47.6 Å². The lowest BCUT2D eigenvalue weighted by Gasteiger charge is -2.11. The highest BCUT2D eigenvalue weighted by Crippen LogP contribution is 2.19. The molecule has 106 valence electrons. The zero-order valence-corrected chi connectivity index (χ0v) is 12.3. The van der Waals surface area contributed by atoms with Crippen LogP contribution in [0.3, 0.4) is 0 Å². The van der Waals surface area contributed by atoms with Gasteiger partial charge in [-0.05, 0) is 25.5 Å². The molecule has 0 aliphatic carbocycles. The van der Waals surface area contributed by atoms with Gasteiger partial charge >= 0.3 is 0 Å². The molecule has 0 saturated carbocycles. The molecule has 1 unspecified atom stereocenters. The summed E-state index contributed by atoms with van der Waals surface area (Å²) in [5, 5.41) is 2.74. The van der Waals surface area contributed by atoms with Crippen molar-refractivity contribution in [3.05, 3.63) is 29.3 Å². The molecule has 0 aliphatic heterocycles. The number of benzene rings is 1. The summed E-state index contributed by atoms with van der Waals surface area (Å²) in [6.45, 7) is 2.92. The van der Waals surface area contributed by atoms with Gasteiger partial charge in [-0.15, -0.1) is 11.6 Å². The van der Waals surface area contributed by atoms with Gasteiger partial charge in [-0.2, -0.15) is 0 Å². The summed E-state index contributed by atoms with van der Waals surface area (Å²) in [5.74, 6) is 0.421. The molecule has 1 atom stereocenters. The predicted molar refractivity (Wildman–Crippen MR) is 76.2 cm³/mol. The van der Waals surface area contributed by atoms with E-state index in [0.29, 0.717) is 30.9 Å². The normalized spacial score (nSPS) is 12.0. The lowest BCUT2D eigenvalue weighted by molar-refractivity contribution is 0.0948. The number of hydrogen-bond donors (Lipinski definition) is 1. The number of halogens is 1. The molecule has 4 nitrogen and oxygen atoms in total. The standard InChI is InChI=1S/C14H20ClNO3/c1-10-4-5-13(19-3)12(8-10)14(17)16-7-6-11(15)9-18-2/h4-5,8,11H,6-7,9H2,1-3H3,(H,16,17). The second kappa shape index (κ2) is 8.02. The van der Waals surface area contributed by atoms with Crippen LogP contribution in [-0.4, -0.2) is 38.7 Å². The quantitative estimate of drug-likeness (QED) is 0.783. The summed E-state index contributed by atoms with van der Waals surface area (Å²) < 4.78 is 10.1. The molecule has 0 aliphatic rings. The summed E-state index contributed by atoms with van der Waals surface area (Å²) >= 11 is 5.99. The van der Waals surface area contributed by atoms with E-state index in [1.807, 2.05) is 19.1 Å². The molecule has 19 heavy (non-hydrogen) atoms. The van der Waals surface area contributed by atoms with Crippen LogP contribution < -0.4 is 10.1 Å². The predicted octanol–water partition coefficient (Wildman–Crippen LogP) is 2.38. The molecule has 0 saturated heterocycles. The monoisotopic (exact) mass is 285 g/mol. The minimum absolute atomic E-state index is 0.0929. The Morgan fingerprint density at radius 1 is 1.42 bits per heavy atom. The van der Waals surface area contributed by atoms with E-state index in [9.17, 15) is 4.79 Å². The average molecular weight is 286 g/mol. The van der Waals surface area contributed by atoms with Crippen molar-refractivity contribution < 1.29 is 14.3 Å². The van der Waals surface area contributed by atoms with Gasteiger partial charge < -0.3 is 14.8 Å². The van der Waals surface area contributed by atoms with Crippen LogP contribution in [0.25, 0.3) is 0 Å². The SMILES string of the molecule is COCC(Cl)CCNC(=O)c1cc(C)ccc1OC. The molecule has 1 amide bonds. The third-order valence-corrected chi connectivity index (χ3v) is 3.03. The van der Waals surface area contributed by atoms with E-state index in [1.165, 1.54) is 0 Å². The molecule has 1 N–H and O–H groups in total. The van der Waals surface area contributed by atoms with E-state index in [0.717, 1.165) is 5.56 Å². The minimum Gasteiger partial charge on any atom is -0.496 e. The molecular weight excluding hydrogens is 266 g/mol. The first-order valence-electron chi connectivity index (χ1n) is 6.14. The first-order chi connectivity index (χ1) is 9.08. The highest BCUT2D eigenvalue weighted by atomic mass is 35.5. The van der Waals surface area contributed by atoms with Gasteiger partial charge in [-0.1, -0.05) is 11.6 Å². The number of carbonyl (C=O) groups is 1. The zero-order chi connectivity index (χ0) is 14.3. The second-order valence-electron chi connectivity index (χ2n) is 4.30. The number of hydrogen-bond acceptors (Lipinski definition) is 3.